The van der Waals surface area contributed by atoms with Crippen LogP contribution in [-0.4, -0.2) is 64.0 Å². The van der Waals surface area contributed by atoms with Gasteiger partial charge in [0.15, 0.2) is 6.17 Å². The number of aromatic amines is 1. The number of aliphatic hydroxyl groups excluding tert-OH is 1. The summed E-state index contributed by atoms with van der Waals surface area (Å²) >= 11 is 0. The van der Waals surface area contributed by atoms with E-state index in [1.54, 1.807) is 11.8 Å². The van der Waals surface area contributed by atoms with Crippen LogP contribution >= 0.6 is 0 Å². The van der Waals surface area contributed by atoms with Gasteiger partial charge in [0.05, 0.1) is 18.5 Å². The Hall–Kier alpha value is -2.07. The fraction of sp³-hybridized carbons (Fsp3) is 0.700. The number of methoxy groups -OCH3 is 1. The second-order valence-corrected chi connectivity index (χ2v) is 8.97. The SMILES string of the molecule is COC1=c2c(=O)[nH]c(=O)n(C3CC3)c2=C(C)C(N2CC3CC(F)(F)C(O)C3C2)C1F. The molecule has 0 spiro atoms. The minimum Gasteiger partial charge on any atom is -0.497 e. The van der Waals surface area contributed by atoms with Crippen molar-refractivity contribution in [2.75, 3.05) is 20.2 Å². The number of hydrogen-bond acceptors (Lipinski definition) is 5. The number of alkyl halides is 3. The number of nitrogens with one attached hydrogen (secondary N) is 1. The summed E-state index contributed by atoms with van der Waals surface area (Å²) in [5, 5.41) is 10.4. The van der Waals surface area contributed by atoms with Gasteiger partial charge in [-0.3, -0.25) is 19.2 Å². The lowest BCUT2D eigenvalue weighted by Gasteiger charge is -2.35. The summed E-state index contributed by atoms with van der Waals surface area (Å²) in [4.78, 5) is 29.1. The number of likely N-dealkylation sites (tertiary alicyclic amines) is 1. The van der Waals surface area contributed by atoms with Gasteiger partial charge in [-0.2, -0.15) is 0 Å². The zero-order chi connectivity index (χ0) is 21.5. The molecule has 30 heavy (non-hydrogen) atoms. The molecule has 1 aromatic rings. The van der Waals surface area contributed by atoms with Gasteiger partial charge in [-0.05, 0) is 31.3 Å². The molecule has 3 aliphatic carbocycles. The summed E-state index contributed by atoms with van der Waals surface area (Å²) in [5.41, 5.74) is -0.729. The van der Waals surface area contributed by atoms with E-state index in [1.807, 2.05) is 0 Å². The smallest absolute Gasteiger partial charge is 0.329 e. The maximum Gasteiger partial charge on any atom is 0.329 e. The highest BCUT2D eigenvalue weighted by atomic mass is 19.3. The zero-order valence-electron chi connectivity index (χ0n) is 16.7. The van der Waals surface area contributed by atoms with Crippen molar-refractivity contribution in [2.24, 2.45) is 11.8 Å². The van der Waals surface area contributed by atoms with Crippen LogP contribution in [0.5, 0.6) is 0 Å². The fourth-order valence-electron chi connectivity index (χ4n) is 5.68. The molecule has 2 N–H and O–H groups in total. The molecule has 0 aromatic carbocycles. The third-order valence-corrected chi connectivity index (χ3v) is 7.15. The van der Waals surface area contributed by atoms with Gasteiger partial charge in [0.1, 0.15) is 17.1 Å². The van der Waals surface area contributed by atoms with Crippen molar-refractivity contribution in [3.05, 3.63) is 31.4 Å². The molecule has 5 atom stereocenters. The van der Waals surface area contributed by atoms with E-state index in [0.717, 1.165) is 12.8 Å². The topological polar surface area (TPSA) is 87.6 Å². The Bertz CT molecular complexity index is 1140. The summed E-state index contributed by atoms with van der Waals surface area (Å²) in [6.07, 6.45) is -2.30. The van der Waals surface area contributed by atoms with Crippen LogP contribution in [0.2, 0.25) is 0 Å². The Morgan fingerprint density at radius 3 is 2.53 bits per heavy atom. The van der Waals surface area contributed by atoms with Crippen LogP contribution in [-0.2, 0) is 4.74 Å². The largest absolute Gasteiger partial charge is 0.497 e. The fourth-order valence-corrected chi connectivity index (χ4v) is 5.68. The average molecular weight is 427 g/mol. The molecule has 4 aliphatic rings. The minimum absolute atomic E-state index is 0.0243. The first-order chi connectivity index (χ1) is 14.2. The number of ether oxygens (including phenoxy) is 1. The number of nitrogens with zero attached hydrogens (tertiary/aromatic N) is 2. The molecular formula is C20H24F3N3O4. The molecule has 164 valence electrons. The van der Waals surface area contributed by atoms with Crippen molar-refractivity contribution in [3.8, 4) is 0 Å². The van der Waals surface area contributed by atoms with Gasteiger partial charge in [-0.25, -0.2) is 18.0 Å². The van der Waals surface area contributed by atoms with E-state index in [1.165, 1.54) is 11.7 Å². The van der Waals surface area contributed by atoms with Gasteiger partial charge in [-0.15, -0.1) is 0 Å². The Morgan fingerprint density at radius 1 is 1.23 bits per heavy atom. The number of halogens is 3. The van der Waals surface area contributed by atoms with Gasteiger partial charge >= 0.3 is 5.69 Å². The van der Waals surface area contributed by atoms with Crippen molar-refractivity contribution >= 4 is 11.3 Å². The van der Waals surface area contributed by atoms with Gasteiger partial charge in [0.25, 0.3) is 11.5 Å². The minimum atomic E-state index is -3.13. The van der Waals surface area contributed by atoms with Crippen molar-refractivity contribution in [2.45, 2.75) is 56.5 Å². The van der Waals surface area contributed by atoms with E-state index in [-0.39, 0.29) is 30.1 Å². The molecule has 3 fully saturated rings. The summed E-state index contributed by atoms with van der Waals surface area (Å²) in [5.74, 6) is -4.36. The zero-order valence-corrected chi connectivity index (χ0v) is 16.7. The highest BCUT2D eigenvalue weighted by Crippen LogP contribution is 2.48. The van der Waals surface area contributed by atoms with Gasteiger partial charge < -0.3 is 9.84 Å². The van der Waals surface area contributed by atoms with Crippen molar-refractivity contribution in [1.29, 1.82) is 0 Å². The van der Waals surface area contributed by atoms with E-state index in [4.69, 9.17) is 4.74 Å². The number of H-pyrrole nitrogens is 1. The van der Waals surface area contributed by atoms with Crippen LogP contribution < -0.4 is 21.8 Å². The van der Waals surface area contributed by atoms with E-state index >= 15 is 4.39 Å². The number of aliphatic hydroxyl groups is 1. The lowest BCUT2D eigenvalue weighted by atomic mass is 9.94. The summed E-state index contributed by atoms with van der Waals surface area (Å²) < 4.78 is 50.2. The number of fused-ring (bicyclic) bond motifs is 2. The van der Waals surface area contributed by atoms with E-state index in [0.29, 0.717) is 10.9 Å². The second-order valence-electron chi connectivity index (χ2n) is 8.97. The Kier molecular flexibility index (Phi) is 4.28. The predicted octanol–water partition coefficient (Wildman–Crippen LogP) is -0.535. The molecule has 5 rings (SSSR count). The molecule has 1 saturated heterocycles. The van der Waals surface area contributed by atoms with Crippen molar-refractivity contribution < 1.29 is 23.0 Å². The summed E-state index contributed by atoms with van der Waals surface area (Å²) in [7, 11) is 1.28. The molecule has 10 heteroatoms. The molecule has 2 saturated carbocycles. The maximum absolute atomic E-state index is 15.7. The maximum atomic E-state index is 15.7. The van der Waals surface area contributed by atoms with Crippen LogP contribution in [0.3, 0.4) is 0 Å². The molecule has 7 nitrogen and oxygen atoms in total. The molecule has 0 bridgehead atoms. The average Bonchev–Trinajstić information content (AvgIpc) is 3.38. The molecule has 0 amide bonds. The van der Waals surface area contributed by atoms with E-state index in [2.05, 4.69) is 4.98 Å². The number of aromatic nitrogens is 2. The normalized spacial score (nSPS) is 35.5. The molecule has 5 unspecified atom stereocenters. The lowest BCUT2D eigenvalue weighted by molar-refractivity contribution is -0.101. The highest BCUT2D eigenvalue weighted by molar-refractivity contribution is 5.61. The van der Waals surface area contributed by atoms with E-state index < -0.39 is 53.7 Å². The third kappa shape index (κ3) is 2.65. The predicted molar refractivity (Wildman–Crippen MR) is 101 cm³/mol. The van der Waals surface area contributed by atoms with Crippen LogP contribution in [0.15, 0.2) is 9.59 Å². The van der Waals surface area contributed by atoms with Gasteiger partial charge in [-0.1, -0.05) is 0 Å². The first-order valence-electron chi connectivity index (χ1n) is 10.2. The molecular weight excluding hydrogens is 403 g/mol. The standard InChI is InChI=1S/C20H24F3N3O4/c1-8-14-12(18(28)24-19(29)26(14)10-3-4-10)16(30-2)13(21)15(8)25-6-9-5-20(22,23)17(27)11(9)7-25/h9-11,13,15,17,27H,3-7H2,1-2H3,(H,24,28,29). The molecule has 1 aromatic heterocycles. The quantitative estimate of drug-likeness (QED) is 0.677. The lowest BCUT2D eigenvalue weighted by Crippen LogP contribution is -2.62. The Balaban J connectivity index is 1.66. The Morgan fingerprint density at radius 2 is 1.93 bits per heavy atom. The monoisotopic (exact) mass is 427 g/mol. The summed E-state index contributed by atoms with van der Waals surface area (Å²) in [6.45, 7) is 2.01. The van der Waals surface area contributed by atoms with Crippen molar-refractivity contribution in [3.63, 3.8) is 0 Å². The third-order valence-electron chi connectivity index (χ3n) is 7.15. The van der Waals surface area contributed by atoms with E-state index in [9.17, 15) is 23.5 Å². The van der Waals surface area contributed by atoms with Crippen LogP contribution in [0.1, 0.15) is 32.2 Å². The molecule has 0 radical (unpaired) electrons. The number of rotatable bonds is 3. The second kappa shape index (κ2) is 6.46. The van der Waals surface area contributed by atoms with Crippen LogP contribution in [0.25, 0.3) is 11.3 Å². The summed E-state index contributed by atoms with van der Waals surface area (Å²) in [6, 6.07) is -0.920. The van der Waals surface area contributed by atoms with Crippen LogP contribution in [0, 0.1) is 11.8 Å². The van der Waals surface area contributed by atoms with Gasteiger partial charge in [0, 0.05) is 31.5 Å². The highest BCUT2D eigenvalue weighted by Gasteiger charge is 2.59. The van der Waals surface area contributed by atoms with Crippen molar-refractivity contribution in [1.82, 2.24) is 14.5 Å². The number of hydrogen-bond donors (Lipinski definition) is 2. The molecule has 1 aliphatic heterocycles. The Labute approximate surface area is 169 Å². The van der Waals surface area contributed by atoms with Gasteiger partial charge in [0.2, 0.25) is 0 Å². The first kappa shape index (κ1) is 19.9. The first-order valence-corrected chi connectivity index (χ1v) is 10.2. The molecule has 2 heterocycles. The van der Waals surface area contributed by atoms with Crippen LogP contribution in [0.4, 0.5) is 13.2 Å².